The number of aryl methyl sites for hydroxylation is 1. The van der Waals surface area contributed by atoms with E-state index in [2.05, 4.69) is 22.8 Å². The van der Waals surface area contributed by atoms with Gasteiger partial charge in [0.25, 0.3) is 5.91 Å². The van der Waals surface area contributed by atoms with Gasteiger partial charge in [0.05, 0.1) is 17.0 Å². The Bertz CT molecular complexity index is 870. The molecular weight excluding hydrogens is 376 g/mol. The van der Waals surface area contributed by atoms with Crippen LogP contribution in [-0.2, 0) is 20.7 Å². The summed E-state index contributed by atoms with van der Waals surface area (Å²) in [6.07, 6.45) is 1.66. The number of amides is 2. The lowest BCUT2D eigenvalue weighted by Gasteiger charge is -2.17. The Morgan fingerprint density at radius 2 is 2.00 bits per heavy atom. The van der Waals surface area contributed by atoms with Crippen LogP contribution in [-0.4, -0.2) is 36.2 Å². The molecule has 0 radical (unpaired) electrons. The minimum Gasteiger partial charge on any atom is -0.452 e. The summed E-state index contributed by atoms with van der Waals surface area (Å²) in [6, 6.07) is 15.0. The number of esters is 1. The number of thioether (sulfide) groups is 1. The molecule has 2 aromatic rings. The van der Waals surface area contributed by atoms with Crippen LogP contribution < -0.4 is 10.6 Å². The predicted molar refractivity (Wildman–Crippen MR) is 108 cm³/mol. The molecule has 3 rings (SSSR count). The summed E-state index contributed by atoms with van der Waals surface area (Å²) in [5.74, 6) is -0.679. The third-order valence-corrected chi connectivity index (χ3v) is 5.37. The molecule has 0 spiro atoms. The molecule has 0 fully saturated rings. The average molecular weight is 398 g/mol. The summed E-state index contributed by atoms with van der Waals surface area (Å²) in [5, 5.41) is 5.56. The molecule has 2 aromatic carbocycles. The van der Waals surface area contributed by atoms with E-state index in [9.17, 15) is 14.4 Å². The van der Waals surface area contributed by atoms with Crippen LogP contribution in [0.15, 0.2) is 53.4 Å². The lowest BCUT2D eigenvalue weighted by molar-refractivity contribution is -0.124. The first-order valence-electron chi connectivity index (χ1n) is 9.08. The maximum absolute atomic E-state index is 12.2. The van der Waals surface area contributed by atoms with E-state index in [1.807, 2.05) is 25.1 Å². The molecule has 0 aromatic heterocycles. The van der Waals surface area contributed by atoms with E-state index in [-0.39, 0.29) is 24.5 Å². The van der Waals surface area contributed by atoms with Crippen molar-refractivity contribution >= 4 is 35.2 Å². The molecule has 1 atom stereocenters. The number of fused-ring (bicyclic) bond motifs is 1. The fourth-order valence-electron chi connectivity index (χ4n) is 2.84. The maximum atomic E-state index is 12.2. The van der Waals surface area contributed by atoms with Gasteiger partial charge in [-0.1, -0.05) is 30.3 Å². The van der Waals surface area contributed by atoms with Crippen molar-refractivity contribution < 1.29 is 19.1 Å². The fourth-order valence-corrected chi connectivity index (χ4v) is 3.63. The lowest BCUT2D eigenvalue weighted by Crippen LogP contribution is -2.36. The van der Waals surface area contributed by atoms with Crippen LogP contribution >= 0.6 is 11.8 Å². The van der Waals surface area contributed by atoms with Gasteiger partial charge in [-0.05, 0) is 43.5 Å². The van der Waals surface area contributed by atoms with Gasteiger partial charge in [-0.25, -0.2) is 4.79 Å². The zero-order valence-electron chi connectivity index (χ0n) is 15.6. The molecule has 2 N–H and O–H groups in total. The van der Waals surface area contributed by atoms with Crippen molar-refractivity contribution in [3.8, 4) is 0 Å². The SMILES string of the molecule is C[C@@H](CCc1ccccc1)NC(=O)COC(=O)c1ccc2c(c1)NC(=O)CS2. The van der Waals surface area contributed by atoms with Gasteiger partial charge in [-0.2, -0.15) is 0 Å². The number of rotatable bonds is 7. The Kier molecular flexibility index (Phi) is 6.71. The lowest BCUT2D eigenvalue weighted by atomic mass is 10.1. The van der Waals surface area contributed by atoms with Gasteiger partial charge in [-0.15, -0.1) is 11.8 Å². The van der Waals surface area contributed by atoms with Gasteiger partial charge < -0.3 is 15.4 Å². The highest BCUT2D eigenvalue weighted by atomic mass is 32.2. The highest BCUT2D eigenvalue weighted by molar-refractivity contribution is 8.00. The Morgan fingerprint density at radius 1 is 1.21 bits per heavy atom. The molecule has 0 saturated heterocycles. The molecule has 0 aliphatic carbocycles. The van der Waals surface area contributed by atoms with Crippen molar-refractivity contribution in [2.24, 2.45) is 0 Å². The predicted octanol–water partition coefficient (Wildman–Crippen LogP) is 3.03. The summed E-state index contributed by atoms with van der Waals surface area (Å²) in [6.45, 7) is 1.58. The normalized spacial score (nSPS) is 13.8. The van der Waals surface area contributed by atoms with E-state index in [4.69, 9.17) is 4.74 Å². The Hall–Kier alpha value is -2.80. The molecule has 1 heterocycles. The molecule has 6 nitrogen and oxygen atoms in total. The third-order valence-electron chi connectivity index (χ3n) is 4.30. The molecular formula is C21H22N2O4S. The maximum Gasteiger partial charge on any atom is 0.338 e. The Morgan fingerprint density at radius 3 is 2.79 bits per heavy atom. The van der Waals surface area contributed by atoms with Crippen molar-refractivity contribution in [2.45, 2.75) is 30.7 Å². The first kappa shape index (κ1) is 19.9. The van der Waals surface area contributed by atoms with Crippen LogP contribution in [0.3, 0.4) is 0 Å². The van der Waals surface area contributed by atoms with Crippen molar-refractivity contribution in [1.29, 1.82) is 0 Å². The summed E-state index contributed by atoms with van der Waals surface area (Å²) in [5.41, 5.74) is 2.11. The number of carbonyl (C=O) groups is 3. The number of hydrogen-bond acceptors (Lipinski definition) is 5. The van der Waals surface area contributed by atoms with Gasteiger partial charge in [-0.3, -0.25) is 9.59 Å². The summed E-state index contributed by atoms with van der Waals surface area (Å²) < 4.78 is 5.10. The Labute approximate surface area is 168 Å². The van der Waals surface area contributed by atoms with Crippen molar-refractivity contribution in [1.82, 2.24) is 5.32 Å². The first-order valence-corrected chi connectivity index (χ1v) is 10.1. The zero-order valence-corrected chi connectivity index (χ0v) is 16.4. The highest BCUT2D eigenvalue weighted by Crippen LogP contribution is 2.32. The van der Waals surface area contributed by atoms with E-state index in [1.165, 1.54) is 17.3 Å². The highest BCUT2D eigenvalue weighted by Gasteiger charge is 2.18. The number of ether oxygens (including phenoxy) is 1. The Balaban J connectivity index is 1.44. The number of nitrogens with one attached hydrogen (secondary N) is 2. The number of hydrogen-bond donors (Lipinski definition) is 2. The van der Waals surface area contributed by atoms with E-state index in [1.54, 1.807) is 18.2 Å². The molecule has 0 unspecified atom stereocenters. The third kappa shape index (κ3) is 5.60. The van der Waals surface area contributed by atoms with Crippen LogP contribution in [0.4, 0.5) is 5.69 Å². The smallest absolute Gasteiger partial charge is 0.338 e. The first-order chi connectivity index (χ1) is 13.5. The molecule has 7 heteroatoms. The molecule has 146 valence electrons. The summed E-state index contributed by atoms with van der Waals surface area (Å²) >= 11 is 1.42. The second-order valence-corrected chi connectivity index (χ2v) is 7.63. The van der Waals surface area contributed by atoms with Gasteiger partial charge in [0, 0.05) is 10.9 Å². The standard InChI is InChI=1S/C21H22N2O4S/c1-14(7-8-15-5-3-2-4-6-15)22-19(24)12-27-21(26)16-9-10-18-17(11-16)23-20(25)13-28-18/h2-6,9-11,14H,7-8,12-13H2,1H3,(H,22,24)(H,23,25)/t14-/m0/s1. The fraction of sp³-hybridized carbons (Fsp3) is 0.286. The van der Waals surface area contributed by atoms with E-state index < -0.39 is 5.97 Å². The van der Waals surface area contributed by atoms with Crippen molar-refractivity contribution in [2.75, 3.05) is 17.7 Å². The van der Waals surface area contributed by atoms with Crippen LogP contribution in [0.2, 0.25) is 0 Å². The van der Waals surface area contributed by atoms with Gasteiger partial charge in [0.2, 0.25) is 5.91 Å². The van der Waals surface area contributed by atoms with Gasteiger partial charge >= 0.3 is 5.97 Å². The molecule has 28 heavy (non-hydrogen) atoms. The van der Waals surface area contributed by atoms with E-state index in [0.717, 1.165) is 17.7 Å². The molecule has 1 aliphatic heterocycles. The van der Waals surface area contributed by atoms with Gasteiger partial charge in [0.1, 0.15) is 0 Å². The quantitative estimate of drug-likeness (QED) is 0.701. The monoisotopic (exact) mass is 398 g/mol. The minimum absolute atomic E-state index is 0.0256. The average Bonchev–Trinajstić information content (AvgIpc) is 2.70. The minimum atomic E-state index is -0.597. The number of carbonyl (C=O) groups excluding carboxylic acids is 3. The van der Waals surface area contributed by atoms with Crippen LogP contribution in [0.1, 0.15) is 29.3 Å². The van der Waals surface area contributed by atoms with Crippen molar-refractivity contribution in [3.05, 3.63) is 59.7 Å². The van der Waals surface area contributed by atoms with E-state index in [0.29, 0.717) is 17.0 Å². The summed E-state index contributed by atoms with van der Waals surface area (Å²) in [4.78, 5) is 36.6. The van der Waals surface area contributed by atoms with Crippen LogP contribution in [0.5, 0.6) is 0 Å². The number of anilines is 1. The van der Waals surface area contributed by atoms with Crippen LogP contribution in [0, 0.1) is 0 Å². The second kappa shape index (κ2) is 9.41. The summed E-state index contributed by atoms with van der Waals surface area (Å²) in [7, 11) is 0. The molecule has 0 saturated carbocycles. The second-order valence-electron chi connectivity index (χ2n) is 6.62. The number of benzene rings is 2. The zero-order chi connectivity index (χ0) is 19.9. The molecule has 2 amide bonds. The largest absolute Gasteiger partial charge is 0.452 e. The van der Waals surface area contributed by atoms with Crippen LogP contribution in [0.25, 0.3) is 0 Å². The van der Waals surface area contributed by atoms with Gasteiger partial charge in [0.15, 0.2) is 6.61 Å². The molecule has 1 aliphatic rings. The topological polar surface area (TPSA) is 84.5 Å². The van der Waals surface area contributed by atoms with Crippen molar-refractivity contribution in [3.63, 3.8) is 0 Å². The van der Waals surface area contributed by atoms with E-state index >= 15 is 0 Å². The molecule has 0 bridgehead atoms.